The molecular formula is C10H21F3N2. The molecule has 0 aliphatic rings. The van der Waals surface area contributed by atoms with Gasteiger partial charge in [-0.1, -0.05) is 6.92 Å². The van der Waals surface area contributed by atoms with Crippen LogP contribution in [-0.4, -0.2) is 44.3 Å². The Balaban J connectivity index is 3.29. The number of nitrogens with zero attached hydrogens (tertiary/aromatic N) is 1. The third kappa shape index (κ3) is 11.6. The molecule has 0 rings (SSSR count). The molecule has 5 heteroatoms. The molecule has 0 aliphatic carbocycles. The van der Waals surface area contributed by atoms with Crippen molar-refractivity contribution in [2.24, 2.45) is 0 Å². The number of rotatable bonds is 8. The van der Waals surface area contributed by atoms with E-state index in [9.17, 15) is 13.2 Å². The van der Waals surface area contributed by atoms with Gasteiger partial charge in [0, 0.05) is 19.5 Å². The second-order valence-corrected chi connectivity index (χ2v) is 3.77. The third-order valence-corrected chi connectivity index (χ3v) is 2.10. The van der Waals surface area contributed by atoms with Crippen LogP contribution in [0.2, 0.25) is 0 Å². The van der Waals surface area contributed by atoms with E-state index < -0.39 is 12.6 Å². The monoisotopic (exact) mass is 226 g/mol. The molecule has 1 N–H and O–H groups in total. The maximum atomic E-state index is 11.8. The maximum Gasteiger partial charge on any atom is 0.389 e. The first kappa shape index (κ1) is 14.7. The molecule has 0 amide bonds. The molecule has 0 radical (unpaired) electrons. The van der Waals surface area contributed by atoms with E-state index >= 15 is 0 Å². The minimum Gasteiger partial charge on any atom is -0.315 e. The van der Waals surface area contributed by atoms with Gasteiger partial charge >= 0.3 is 6.18 Å². The standard InChI is InChI=1S/C10H21F3N2/c1-3-6-14-7-9-15(2)8-4-5-10(11,12)13/h14H,3-9H2,1-2H3. The minimum atomic E-state index is -4.01. The summed E-state index contributed by atoms with van der Waals surface area (Å²) in [6.07, 6.45) is -3.42. The Labute approximate surface area is 89.8 Å². The van der Waals surface area contributed by atoms with Crippen molar-refractivity contribution in [3.05, 3.63) is 0 Å². The van der Waals surface area contributed by atoms with E-state index in [2.05, 4.69) is 12.2 Å². The van der Waals surface area contributed by atoms with Crippen molar-refractivity contribution in [2.45, 2.75) is 32.4 Å². The normalized spacial score (nSPS) is 12.4. The van der Waals surface area contributed by atoms with Crippen LogP contribution < -0.4 is 5.32 Å². The molecule has 0 bridgehead atoms. The fraction of sp³-hybridized carbons (Fsp3) is 1.00. The zero-order valence-corrected chi connectivity index (χ0v) is 9.53. The van der Waals surface area contributed by atoms with Crippen molar-refractivity contribution in [3.8, 4) is 0 Å². The van der Waals surface area contributed by atoms with Gasteiger partial charge in [0.2, 0.25) is 0 Å². The van der Waals surface area contributed by atoms with Gasteiger partial charge in [0.25, 0.3) is 0 Å². The Hall–Kier alpha value is -0.290. The molecule has 0 spiro atoms. The number of hydrogen-bond acceptors (Lipinski definition) is 2. The van der Waals surface area contributed by atoms with E-state index in [1.54, 1.807) is 0 Å². The SMILES string of the molecule is CCCNCCN(C)CCCC(F)(F)F. The number of alkyl halides is 3. The van der Waals surface area contributed by atoms with Gasteiger partial charge in [-0.3, -0.25) is 0 Å². The molecule has 0 aromatic carbocycles. The molecule has 0 aliphatic heterocycles. The molecule has 0 aromatic rings. The summed E-state index contributed by atoms with van der Waals surface area (Å²) in [7, 11) is 1.85. The van der Waals surface area contributed by atoms with Crippen molar-refractivity contribution in [2.75, 3.05) is 33.2 Å². The van der Waals surface area contributed by atoms with Crippen molar-refractivity contribution in [1.29, 1.82) is 0 Å². The van der Waals surface area contributed by atoms with Crippen molar-refractivity contribution >= 4 is 0 Å². The molecule has 15 heavy (non-hydrogen) atoms. The summed E-state index contributed by atoms with van der Waals surface area (Å²) in [5.74, 6) is 0. The molecule has 0 heterocycles. The van der Waals surface area contributed by atoms with E-state index in [-0.39, 0.29) is 6.42 Å². The number of hydrogen-bond donors (Lipinski definition) is 1. The van der Waals surface area contributed by atoms with Gasteiger partial charge in [0.15, 0.2) is 0 Å². The van der Waals surface area contributed by atoms with Gasteiger partial charge < -0.3 is 10.2 Å². The van der Waals surface area contributed by atoms with Crippen LogP contribution in [0, 0.1) is 0 Å². The lowest BCUT2D eigenvalue weighted by Crippen LogP contribution is -2.30. The highest BCUT2D eigenvalue weighted by molar-refractivity contribution is 4.57. The summed E-state index contributed by atoms with van der Waals surface area (Å²) in [4.78, 5) is 1.92. The van der Waals surface area contributed by atoms with Crippen LogP contribution in [0.5, 0.6) is 0 Å². The number of nitrogens with one attached hydrogen (secondary N) is 1. The van der Waals surface area contributed by atoms with E-state index in [1.165, 1.54) is 0 Å². The average Bonchev–Trinajstić information content (AvgIpc) is 2.10. The van der Waals surface area contributed by atoms with E-state index in [1.807, 2.05) is 11.9 Å². The third-order valence-electron chi connectivity index (χ3n) is 2.10. The predicted octanol–water partition coefficient (Wildman–Crippen LogP) is 2.26. The minimum absolute atomic E-state index is 0.188. The molecule has 0 aromatic heterocycles. The fourth-order valence-corrected chi connectivity index (χ4v) is 1.23. The summed E-state index contributed by atoms with van der Waals surface area (Å²) in [5.41, 5.74) is 0. The molecule has 0 atom stereocenters. The summed E-state index contributed by atoms with van der Waals surface area (Å²) in [5, 5.41) is 3.21. The van der Waals surface area contributed by atoms with Crippen molar-refractivity contribution in [1.82, 2.24) is 10.2 Å². The predicted molar refractivity (Wildman–Crippen MR) is 55.9 cm³/mol. The first-order valence-corrected chi connectivity index (χ1v) is 5.41. The zero-order chi connectivity index (χ0) is 11.7. The summed E-state index contributed by atoms with van der Waals surface area (Å²) in [6, 6.07) is 0. The van der Waals surface area contributed by atoms with Gasteiger partial charge in [0.1, 0.15) is 0 Å². The second-order valence-electron chi connectivity index (χ2n) is 3.77. The number of halogens is 3. The first-order chi connectivity index (χ1) is 6.95. The van der Waals surface area contributed by atoms with Gasteiger partial charge in [-0.25, -0.2) is 0 Å². The summed E-state index contributed by atoms with van der Waals surface area (Å²) >= 11 is 0. The van der Waals surface area contributed by atoms with Crippen LogP contribution in [0.3, 0.4) is 0 Å². The summed E-state index contributed by atoms with van der Waals surface area (Å²) in [6.45, 7) is 5.21. The van der Waals surface area contributed by atoms with E-state index in [4.69, 9.17) is 0 Å². The molecule has 0 fully saturated rings. The lowest BCUT2D eigenvalue weighted by molar-refractivity contribution is -0.136. The van der Waals surface area contributed by atoms with Crippen LogP contribution in [0.25, 0.3) is 0 Å². The van der Waals surface area contributed by atoms with E-state index in [0.717, 1.165) is 26.1 Å². The zero-order valence-electron chi connectivity index (χ0n) is 9.53. The Bertz CT molecular complexity index is 148. The molecule has 0 saturated carbocycles. The van der Waals surface area contributed by atoms with Crippen LogP contribution in [-0.2, 0) is 0 Å². The largest absolute Gasteiger partial charge is 0.389 e. The first-order valence-electron chi connectivity index (χ1n) is 5.41. The molecular weight excluding hydrogens is 205 g/mol. The van der Waals surface area contributed by atoms with Crippen molar-refractivity contribution < 1.29 is 13.2 Å². The lowest BCUT2D eigenvalue weighted by atomic mass is 10.3. The van der Waals surface area contributed by atoms with Crippen LogP contribution in [0.4, 0.5) is 13.2 Å². The Morgan fingerprint density at radius 3 is 2.33 bits per heavy atom. The Kier molecular flexibility index (Phi) is 7.78. The molecule has 0 saturated heterocycles. The van der Waals surface area contributed by atoms with Gasteiger partial charge in [0.05, 0.1) is 0 Å². The molecule has 92 valence electrons. The molecule has 0 unspecified atom stereocenters. The van der Waals surface area contributed by atoms with E-state index in [0.29, 0.717) is 6.54 Å². The Morgan fingerprint density at radius 2 is 1.80 bits per heavy atom. The van der Waals surface area contributed by atoms with Crippen LogP contribution in [0.15, 0.2) is 0 Å². The smallest absolute Gasteiger partial charge is 0.315 e. The van der Waals surface area contributed by atoms with Gasteiger partial charge in [-0.15, -0.1) is 0 Å². The fourth-order valence-electron chi connectivity index (χ4n) is 1.23. The highest BCUT2D eigenvalue weighted by Gasteiger charge is 2.26. The van der Waals surface area contributed by atoms with Crippen molar-refractivity contribution in [3.63, 3.8) is 0 Å². The maximum absolute atomic E-state index is 11.8. The average molecular weight is 226 g/mol. The van der Waals surface area contributed by atoms with Crippen LogP contribution >= 0.6 is 0 Å². The lowest BCUT2D eigenvalue weighted by Gasteiger charge is -2.17. The number of likely N-dealkylation sites (N-methyl/N-ethyl adjacent to an activating group) is 1. The summed E-state index contributed by atoms with van der Waals surface area (Å²) < 4.78 is 35.5. The Morgan fingerprint density at radius 1 is 1.13 bits per heavy atom. The topological polar surface area (TPSA) is 15.3 Å². The quantitative estimate of drug-likeness (QED) is 0.639. The highest BCUT2D eigenvalue weighted by atomic mass is 19.4. The second kappa shape index (κ2) is 7.93. The molecule has 2 nitrogen and oxygen atoms in total. The van der Waals surface area contributed by atoms with Crippen LogP contribution in [0.1, 0.15) is 26.2 Å². The van der Waals surface area contributed by atoms with Gasteiger partial charge in [-0.2, -0.15) is 13.2 Å². The van der Waals surface area contributed by atoms with Gasteiger partial charge in [-0.05, 0) is 33.0 Å². The highest BCUT2D eigenvalue weighted by Crippen LogP contribution is 2.21.